The molecule has 1 aromatic carbocycles. The molecule has 1 aliphatic carbocycles. The number of halogens is 1. The third-order valence-corrected chi connectivity index (χ3v) is 6.52. The molecule has 2 unspecified atom stereocenters. The van der Waals surface area contributed by atoms with Gasteiger partial charge in [0.1, 0.15) is 0 Å². The number of likely N-dealkylation sites (tertiary alicyclic amines) is 1. The third kappa shape index (κ3) is 4.17. The number of hydrogen-bond acceptors (Lipinski definition) is 4. The summed E-state index contributed by atoms with van der Waals surface area (Å²) in [6, 6.07) is 7.79. The fraction of sp³-hybridized carbons (Fsp3) is 0.450. The second-order valence-corrected chi connectivity index (χ2v) is 8.68. The number of aryl methyl sites for hydroxylation is 1. The van der Waals surface area contributed by atoms with Crippen molar-refractivity contribution in [3.05, 3.63) is 45.9 Å². The van der Waals surface area contributed by atoms with Crippen molar-refractivity contribution in [2.24, 2.45) is 11.8 Å². The Labute approximate surface area is 167 Å². The van der Waals surface area contributed by atoms with Crippen LogP contribution in [0.4, 0.5) is 5.13 Å². The molecule has 1 saturated carbocycles. The molecule has 2 amide bonds. The minimum atomic E-state index is -0.0545. The number of aromatic nitrogens is 1. The van der Waals surface area contributed by atoms with E-state index in [2.05, 4.69) is 10.3 Å². The van der Waals surface area contributed by atoms with Crippen molar-refractivity contribution in [1.29, 1.82) is 0 Å². The summed E-state index contributed by atoms with van der Waals surface area (Å²) in [6.45, 7) is 3.20. The highest BCUT2D eigenvalue weighted by Gasteiger charge is 2.46. The molecule has 1 aliphatic heterocycles. The lowest BCUT2D eigenvalue weighted by atomic mass is 9.95. The number of carbonyl (C=O) groups excluding carboxylic acids is 2. The molecule has 7 heteroatoms. The molecular weight excluding hydrogens is 382 g/mol. The van der Waals surface area contributed by atoms with Gasteiger partial charge in [0.25, 0.3) is 0 Å². The molecular formula is C20H22ClN3O2S. The zero-order valence-corrected chi connectivity index (χ0v) is 16.7. The van der Waals surface area contributed by atoms with Crippen LogP contribution in [0.1, 0.15) is 36.4 Å². The maximum atomic E-state index is 12.8. The molecule has 142 valence electrons. The lowest BCUT2D eigenvalue weighted by Gasteiger charge is -2.31. The van der Waals surface area contributed by atoms with Crippen molar-refractivity contribution in [3.8, 4) is 0 Å². The van der Waals surface area contributed by atoms with E-state index < -0.39 is 0 Å². The fourth-order valence-corrected chi connectivity index (χ4v) is 4.68. The third-order valence-electron chi connectivity index (χ3n) is 5.41. The number of nitrogens with zero attached hydrogens (tertiary/aromatic N) is 2. The van der Waals surface area contributed by atoms with Crippen LogP contribution >= 0.6 is 22.9 Å². The molecule has 1 N–H and O–H groups in total. The van der Waals surface area contributed by atoms with Crippen LogP contribution < -0.4 is 5.32 Å². The number of amides is 2. The zero-order chi connectivity index (χ0) is 19.0. The topological polar surface area (TPSA) is 62.3 Å². The highest BCUT2D eigenvalue weighted by Crippen LogP contribution is 2.49. The minimum Gasteiger partial charge on any atom is -0.342 e. The Bertz CT molecular complexity index is 860. The Morgan fingerprint density at radius 1 is 1.30 bits per heavy atom. The van der Waals surface area contributed by atoms with Crippen molar-refractivity contribution in [1.82, 2.24) is 9.88 Å². The van der Waals surface area contributed by atoms with Crippen LogP contribution in [0, 0.1) is 18.8 Å². The molecule has 27 heavy (non-hydrogen) atoms. The summed E-state index contributed by atoms with van der Waals surface area (Å²) < 4.78 is 0. The predicted molar refractivity (Wildman–Crippen MR) is 107 cm³/mol. The van der Waals surface area contributed by atoms with Crippen molar-refractivity contribution in [2.45, 2.75) is 32.1 Å². The number of benzene rings is 1. The summed E-state index contributed by atoms with van der Waals surface area (Å²) in [4.78, 5) is 31.4. The molecule has 0 bridgehead atoms. The van der Waals surface area contributed by atoms with E-state index in [9.17, 15) is 9.59 Å². The van der Waals surface area contributed by atoms with Gasteiger partial charge in [0.15, 0.2) is 5.13 Å². The summed E-state index contributed by atoms with van der Waals surface area (Å²) in [7, 11) is 0. The van der Waals surface area contributed by atoms with Crippen LogP contribution in [0.3, 0.4) is 0 Å². The van der Waals surface area contributed by atoms with E-state index in [0.717, 1.165) is 17.7 Å². The Balaban J connectivity index is 1.28. The normalized spacial score (nSPS) is 22.5. The lowest BCUT2D eigenvalue weighted by molar-refractivity contribution is -0.135. The van der Waals surface area contributed by atoms with Crippen molar-refractivity contribution in [2.75, 3.05) is 18.4 Å². The maximum absolute atomic E-state index is 12.8. The zero-order valence-electron chi connectivity index (χ0n) is 15.2. The van der Waals surface area contributed by atoms with Crippen molar-refractivity contribution in [3.63, 3.8) is 0 Å². The van der Waals surface area contributed by atoms with Crippen molar-refractivity contribution >= 4 is 39.9 Å². The number of nitrogens with one attached hydrogen (secondary N) is 1. The maximum Gasteiger partial charge on any atom is 0.229 e. The summed E-state index contributed by atoms with van der Waals surface area (Å²) in [6.07, 6.45) is 2.30. The van der Waals surface area contributed by atoms with Gasteiger partial charge in [0.2, 0.25) is 11.8 Å². The van der Waals surface area contributed by atoms with E-state index in [4.69, 9.17) is 11.6 Å². The predicted octanol–water partition coefficient (Wildman–Crippen LogP) is 4.09. The summed E-state index contributed by atoms with van der Waals surface area (Å²) in [5, 5.41) is 6.18. The number of piperidine rings is 1. The molecule has 0 spiro atoms. The van der Waals surface area contributed by atoms with Crippen LogP contribution in [-0.4, -0.2) is 34.8 Å². The van der Waals surface area contributed by atoms with Crippen LogP contribution in [0.25, 0.3) is 0 Å². The smallest absolute Gasteiger partial charge is 0.229 e. The molecule has 2 aliphatic rings. The Morgan fingerprint density at radius 2 is 2.07 bits per heavy atom. The highest BCUT2D eigenvalue weighted by molar-refractivity contribution is 7.13. The minimum absolute atomic E-state index is 0.0136. The first kappa shape index (κ1) is 18.4. The fourth-order valence-electron chi connectivity index (χ4n) is 3.79. The lowest BCUT2D eigenvalue weighted by Crippen LogP contribution is -2.42. The van der Waals surface area contributed by atoms with Gasteiger partial charge in [-0.25, -0.2) is 4.98 Å². The van der Waals surface area contributed by atoms with Crippen LogP contribution in [0.2, 0.25) is 5.02 Å². The number of anilines is 1. The van der Waals surface area contributed by atoms with Gasteiger partial charge in [-0.3, -0.25) is 9.59 Å². The van der Waals surface area contributed by atoms with Gasteiger partial charge in [-0.15, -0.1) is 11.3 Å². The Morgan fingerprint density at radius 3 is 2.74 bits per heavy atom. The van der Waals surface area contributed by atoms with Gasteiger partial charge in [-0.1, -0.05) is 23.7 Å². The SMILES string of the molecule is Cc1csc(NC(=O)C2CCN(C(=O)C3CC3c3cccc(Cl)c3)CC2)n1. The summed E-state index contributed by atoms with van der Waals surface area (Å²) in [5.74, 6) is 0.521. The molecule has 5 nitrogen and oxygen atoms in total. The van der Waals surface area contributed by atoms with Crippen LogP contribution in [0.15, 0.2) is 29.6 Å². The van der Waals surface area contributed by atoms with Gasteiger partial charge in [0.05, 0.1) is 5.69 Å². The summed E-state index contributed by atoms with van der Waals surface area (Å²) >= 11 is 7.50. The first-order valence-electron chi connectivity index (χ1n) is 9.28. The molecule has 2 atom stereocenters. The highest BCUT2D eigenvalue weighted by atomic mass is 35.5. The van der Waals surface area contributed by atoms with Gasteiger partial charge in [0, 0.05) is 35.3 Å². The molecule has 2 heterocycles. The molecule has 2 aromatic rings. The monoisotopic (exact) mass is 403 g/mol. The quantitative estimate of drug-likeness (QED) is 0.836. The summed E-state index contributed by atoms with van der Waals surface area (Å²) in [5.41, 5.74) is 2.06. The largest absolute Gasteiger partial charge is 0.342 e. The van der Waals surface area contributed by atoms with E-state index in [0.29, 0.717) is 36.1 Å². The molecule has 1 saturated heterocycles. The number of rotatable bonds is 4. The average molecular weight is 404 g/mol. The van der Waals surface area contributed by atoms with Crippen LogP contribution in [0.5, 0.6) is 0 Å². The number of thiazole rings is 1. The standard InChI is InChI=1S/C20H22ClN3O2S/c1-12-11-27-20(22-12)23-18(25)13-5-7-24(8-6-13)19(26)17-10-16(17)14-3-2-4-15(21)9-14/h2-4,9,11,13,16-17H,5-8,10H2,1H3,(H,22,23,25). The first-order chi connectivity index (χ1) is 13.0. The van der Waals surface area contributed by atoms with Gasteiger partial charge < -0.3 is 10.2 Å². The number of hydrogen-bond donors (Lipinski definition) is 1. The second-order valence-electron chi connectivity index (χ2n) is 7.39. The molecule has 0 radical (unpaired) electrons. The van der Waals surface area contributed by atoms with Crippen molar-refractivity contribution < 1.29 is 9.59 Å². The van der Waals surface area contributed by atoms with Gasteiger partial charge in [-0.05, 0) is 49.8 Å². The Kier molecular flexibility index (Phi) is 5.19. The molecule has 4 rings (SSSR count). The van der Waals surface area contributed by atoms with Gasteiger partial charge >= 0.3 is 0 Å². The van der Waals surface area contributed by atoms with E-state index in [1.54, 1.807) is 0 Å². The van der Waals surface area contributed by atoms with Gasteiger partial charge in [-0.2, -0.15) is 0 Å². The van der Waals surface area contributed by atoms with E-state index >= 15 is 0 Å². The second kappa shape index (κ2) is 7.60. The van der Waals surface area contributed by atoms with E-state index in [-0.39, 0.29) is 29.6 Å². The average Bonchev–Trinajstić information content (AvgIpc) is 3.37. The van der Waals surface area contributed by atoms with E-state index in [1.807, 2.05) is 41.5 Å². The Hall–Kier alpha value is -1.92. The van der Waals surface area contributed by atoms with Crippen LogP contribution in [-0.2, 0) is 9.59 Å². The molecule has 2 fully saturated rings. The number of carbonyl (C=O) groups is 2. The molecule has 1 aromatic heterocycles. The van der Waals surface area contributed by atoms with E-state index in [1.165, 1.54) is 11.3 Å². The first-order valence-corrected chi connectivity index (χ1v) is 10.5.